The number of imidazole rings is 2. The highest BCUT2D eigenvalue weighted by atomic mass is 35.5. The number of nitrogen functional groups attached to an aromatic ring is 1. The second kappa shape index (κ2) is 16.9. The number of aromatic nitrogens is 7. The number of carboxylic acid groups (broad SMARTS) is 1. The molecule has 0 aliphatic carbocycles. The van der Waals surface area contributed by atoms with Gasteiger partial charge in [0.1, 0.15) is 17.5 Å². The van der Waals surface area contributed by atoms with Gasteiger partial charge in [0.05, 0.1) is 32.1 Å². The minimum Gasteiger partial charge on any atom is -0.476 e. The predicted octanol–water partition coefficient (Wildman–Crippen LogP) is 9.11. The number of nitrogens with two attached hydrogens (primary N) is 1. The van der Waals surface area contributed by atoms with Crippen LogP contribution in [0, 0.1) is 13.8 Å². The summed E-state index contributed by atoms with van der Waals surface area (Å²) in [6.07, 6.45) is 8.07. The number of hydrogen-bond donors (Lipinski definition) is 3. The molecular formula is C45H39Cl2N9O3. The quantitative estimate of drug-likeness (QED) is 0.136. The van der Waals surface area contributed by atoms with E-state index < -0.39 is 5.97 Å². The summed E-state index contributed by atoms with van der Waals surface area (Å²) < 4.78 is 3.76. The zero-order valence-corrected chi connectivity index (χ0v) is 32.8. The maximum absolute atomic E-state index is 13.1. The van der Waals surface area contributed by atoms with E-state index in [1.54, 1.807) is 24.5 Å². The maximum Gasteiger partial charge on any atom is 0.356 e. The van der Waals surface area contributed by atoms with Crippen LogP contribution in [-0.2, 0) is 19.4 Å². The molecule has 7 aromatic heterocycles. The number of amides is 1. The fourth-order valence-corrected chi connectivity index (χ4v) is 7.41. The second-order valence-corrected chi connectivity index (χ2v) is 14.7. The molecule has 1 amide bonds. The number of hydrogen-bond acceptors (Lipinski definition) is 8. The highest BCUT2D eigenvalue weighted by molar-refractivity contribution is 6.31. The van der Waals surface area contributed by atoms with E-state index in [-0.39, 0.29) is 19.0 Å². The number of anilines is 1. The Labute approximate surface area is 349 Å². The molecule has 14 heteroatoms. The van der Waals surface area contributed by atoms with Crippen LogP contribution >= 0.6 is 23.2 Å². The SMILES string of the molecule is C.Cc1cc(N)nc(C)c1CNC(=O)c1nc(Cc2ccc3ncc(Cl)cc3c2)n2ccccc12.O=C(O)c1nc(Cc2ccc3ncc(Cl)cc3c2)n2ccccc12. The summed E-state index contributed by atoms with van der Waals surface area (Å²) in [4.78, 5) is 46.5. The molecule has 0 saturated carbocycles. The van der Waals surface area contributed by atoms with E-state index in [9.17, 15) is 14.7 Å². The van der Waals surface area contributed by atoms with Gasteiger partial charge in [-0.3, -0.25) is 14.8 Å². The molecule has 12 nitrogen and oxygen atoms in total. The molecule has 0 aliphatic heterocycles. The molecule has 7 heterocycles. The van der Waals surface area contributed by atoms with Crippen LogP contribution < -0.4 is 11.1 Å². The molecule has 0 atom stereocenters. The Morgan fingerprint density at radius 2 is 1.24 bits per heavy atom. The lowest BCUT2D eigenvalue weighted by atomic mass is 10.1. The molecule has 59 heavy (non-hydrogen) atoms. The van der Waals surface area contributed by atoms with Crippen molar-refractivity contribution in [1.82, 2.24) is 39.0 Å². The lowest BCUT2D eigenvalue weighted by molar-refractivity contribution is 0.0692. The number of nitrogens with one attached hydrogen (secondary N) is 1. The summed E-state index contributed by atoms with van der Waals surface area (Å²) >= 11 is 12.1. The molecule has 2 aromatic carbocycles. The van der Waals surface area contributed by atoms with Gasteiger partial charge in [0, 0.05) is 60.6 Å². The summed E-state index contributed by atoms with van der Waals surface area (Å²) in [6.45, 7) is 4.20. The molecular weight excluding hydrogens is 785 g/mol. The van der Waals surface area contributed by atoms with E-state index in [0.29, 0.717) is 52.3 Å². The Balaban J connectivity index is 0.000000186. The standard InChI is InChI=1S/C26H23ClN6O.C18H12ClN3O2.CH4/c1-15-9-23(28)31-16(2)20(15)14-30-26(34)25-22-5-3-4-8-33(22)24(32-25)11-17-6-7-21-18(10-17)12-19(27)13-29-21;19-13-9-12-7-11(4-5-14(12)20-10-13)8-16-21-17(18(23)24)15-3-1-2-6-22(15)16;/h3-10,12-13H,11,14H2,1-2H3,(H2,28,31)(H,30,34);1-7,9-10H,8H2,(H,23,24);1H4. The smallest absolute Gasteiger partial charge is 0.356 e. The Hall–Kier alpha value is -6.89. The van der Waals surface area contributed by atoms with E-state index in [1.165, 1.54) is 0 Å². The minimum absolute atomic E-state index is 0. The number of rotatable bonds is 8. The van der Waals surface area contributed by atoms with E-state index >= 15 is 0 Å². The number of carboxylic acids is 1. The van der Waals surface area contributed by atoms with Crippen LogP contribution in [-0.4, -0.2) is 50.7 Å². The van der Waals surface area contributed by atoms with E-state index in [0.717, 1.165) is 61.1 Å². The van der Waals surface area contributed by atoms with Crippen LogP contribution in [0.25, 0.3) is 32.8 Å². The van der Waals surface area contributed by atoms with E-state index in [1.807, 2.05) is 108 Å². The summed E-state index contributed by atoms with van der Waals surface area (Å²) in [5, 5.41) is 15.4. The number of benzene rings is 2. The maximum atomic E-state index is 13.1. The van der Waals surface area contributed by atoms with Crippen molar-refractivity contribution >= 4 is 73.7 Å². The van der Waals surface area contributed by atoms with Crippen LogP contribution in [0.1, 0.15) is 68.0 Å². The number of nitrogens with zero attached hydrogens (tertiary/aromatic N) is 7. The molecule has 4 N–H and O–H groups in total. The third-order valence-electron chi connectivity index (χ3n) is 9.81. The van der Waals surface area contributed by atoms with Gasteiger partial charge in [-0.25, -0.2) is 19.7 Å². The van der Waals surface area contributed by atoms with Crippen molar-refractivity contribution in [3.8, 4) is 0 Å². The van der Waals surface area contributed by atoms with Crippen molar-refractivity contribution in [2.45, 2.75) is 40.7 Å². The van der Waals surface area contributed by atoms with Gasteiger partial charge in [-0.1, -0.05) is 54.9 Å². The molecule has 0 unspecified atom stereocenters. The predicted molar refractivity (Wildman–Crippen MR) is 232 cm³/mol. The summed E-state index contributed by atoms with van der Waals surface area (Å²) in [7, 11) is 0. The van der Waals surface area contributed by atoms with Gasteiger partial charge in [0.15, 0.2) is 11.4 Å². The van der Waals surface area contributed by atoms with Crippen LogP contribution in [0.4, 0.5) is 5.82 Å². The second-order valence-electron chi connectivity index (χ2n) is 13.8. The molecule has 296 valence electrons. The Morgan fingerprint density at radius 3 is 1.76 bits per heavy atom. The number of pyridine rings is 5. The minimum atomic E-state index is -1.03. The Bertz CT molecular complexity index is 3030. The molecule has 9 rings (SSSR count). The monoisotopic (exact) mass is 823 g/mol. The van der Waals surface area contributed by atoms with Crippen molar-refractivity contribution in [2.75, 3.05) is 5.73 Å². The molecule has 9 aromatic rings. The van der Waals surface area contributed by atoms with Gasteiger partial charge in [-0.05, 0) is 103 Å². The average Bonchev–Trinajstić information content (AvgIpc) is 3.76. The largest absolute Gasteiger partial charge is 0.476 e. The number of carbonyl (C=O) groups is 2. The van der Waals surface area contributed by atoms with Crippen LogP contribution in [0.2, 0.25) is 10.0 Å². The molecule has 0 spiro atoms. The van der Waals surface area contributed by atoms with Crippen molar-refractivity contribution in [2.24, 2.45) is 0 Å². The lowest BCUT2D eigenvalue weighted by Crippen LogP contribution is -2.24. The van der Waals surface area contributed by atoms with Crippen molar-refractivity contribution in [3.63, 3.8) is 0 Å². The molecule has 0 bridgehead atoms. The third-order valence-corrected chi connectivity index (χ3v) is 10.2. The average molecular weight is 825 g/mol. The fraction of sp³-hybridized carbons (Fsp3) is 0.133. The van der Waals surface area contributed by atoms with Crippen LogP contribution in [0.3, 0.4) is 0 Å². The first-order valence-corrected chi connectivity index (χ1v) is 19.0. The Kier molecular flexibility index (Phi) is 11.6. The summed E-state index contributed by atoms with van der Waals surface area (Å²) in [5.74, 6) is 0.662. The van der Waals surface area contributed by atoms with Crippen molar-refractivity contribution in [1.29, 1.82) is 0 Å². The van der Waals surface area contributed by atoms with Gasteiger partial charge < -0.3 is 25.0 Å². The van der Waals surface area contributed by atoms with E-state index in [4.69, 9.17) is 33.9 Å². The van der Waals surface area contributed by atoms with Gasteiger partial charge in [0.25, 0.3) is 5.91 Å². The lowest BCUT2D eigenvalue weighted by Gasteiger charge is -2.11. The normalized spacial score (nSPS) is 11.1. The van der Waals surface area contributed by atoms with Crippen molar-refractivity contribution in [3.05, 3.63) is 177 Å². The Morgan fingerprint density at radius 1 is 0.712 bits per heavy atom. The number of carbonyl (C=O) groups excluding carboxylic acids is 1. The zero-order chi connectivity index (χ0) is 40.5. The first-order chi connectivity index (χ1) is 28.0. The number of halogens is 2. The van der Waals surface area contributed by atoms with Gasteiger partial charge in [-0.15, -0.1) is 0 Å². The molecule has 0 radical (unpaired) electrons. The first-order valence-electron chi connectivity index (χ1n) is 18.2. The van der Waals surface area contributed by atoms with Crippen molar-refractivity contribution < 1.29 is 14.7 Å². The zero-order valence-electron chi connectivity index (χ0n) is 31.3. The van der Waals surface area contributed by atoms with Gasteiger partial charge in [0.2, 0.25) is 0 Å². The number of aryl methyl sites for hydroxylation is 2. The van der Waals surface area contributed by atoms with Gasteiger partial charge in [-0.2, -0.15) is 0 Å². The topological polar surface area (TPSA) is 166 Å². The highest BCUT2D eigenvalue weighted by Crippen LogP contribution is 2.24. The number of aromatic carboxylic acids is 1. The summed E-state index contributed by atoms with van der Waals surface area (Å²) in [6, 6.07) is 28.6. The molecule has 0 saturated heterocycles. The fourth-order valence-electron chi connectivity index (χ4n) is 7.08. The van der Waals surface area contributed by atoms with E-state index in [2.05, 4.69) is 31.3 Å². The highest BCUT2D eigenvalue weighted by Gasteiger charge is 2.19. The number of fused-ring (bicyclic) bond motifs is 4. The summed E-state index contributed by atoms with van der Waals surface area (Å²) in [5.41, 5.74) is 14.2. The third kappa shape index (κ3) is 8.54. The molecule has 0 aliphatic rings. The van der Waals surface area contributed by atoms with Crippen LogP contribution in [0.15, 0.2) is 116 Å². The van der Waals surface area contributed by atoms with Crippen LogP contribution in [0.5, 0.6) is 0 Å². The molecule has 0 fully saturated rings. The first kappa shape index (κ1) is 40.3. The van der Waals surface area contributed by atoms with Gasteiger partial charge >= 0.3 is 5.97 Å².